The molecule has 0 saturated carbocycles. The van der Waals surface area contributed by atoms with E-state index in [1.54, 1.807) is 0 Å². The van der Waals surface area contributed by atoms with E-state index in [0.29, 0.717) is 0 Å². The molecule has 3 aromatic heterocycles. The van der Waals surface area contributed by atoms with Gasteiger partial charge in [-0.2, -0.15) is 0 Å². The van der Waals surface area contributed by atoms with E-state index in [9.17, 15) is 0 Å². The van der Waals surface area contributed by atoms with E-state index in [1.807, 2.05) is 24.8 Å². The summed E-state index contributed by atoms with van der Waals surface area (Å²) in [5.74, 6) is 0. The Morgan fingerprint density at radius 2 is 0.635 bits per heavy atom. The van der Waals surface area contributed by atoms with E-state index in [2.05, 4.69) is 174 Å². The third kappa shape index (κ3) is 5.19. The molecule has 10 rings (SSSR count). The van der Waals surface area contributed by atoms with Crippen LogP contribution in [-0.4, -0.2) is 15.0 Å². The smallest absolute Gasteiger partial charge is 0.0721 e. The van der Waals surface area contributed by atoms with Gasteiger partial charge in [-0.05, 0) is 84.9 Å². The van der Waals surface area contributed by atoms with Crippen molar-refractivity contribution in [3.63, 3.8) is 0 Å². The minimum absolute atomic E-state index is 0.933. The molecule has 0 bridgehead atoms. The first-order valence-electron chi connectivity index (χ1n) is 17.6. The second-order valence-corrected chi connectivity index (χ2v) is 13.3. The van der Waals surface area contributed by atoms with Crippen LogP contribution in [0, 0.1) is 0 Å². The molecule has 0 N–H and O–H groups in total. The first kappa shape index (κ1) is 29.9. The highest BCUT2D eigenvalue weighted by molar-refractivity contribution is 6.02. The minimum Gasteiger partial charge on any atom is -0.263 e. The van der Waals surface area contributed by atoms with Gasteiger partial charge >= 0.3 is 0 Å². The van der Waals surface area contributed by atoms with Gasteiger partial charge in [0, 0.05) is 57.8 Å². The molecule has 0 saturated heterocycles. The lowest BCUT2D eigenvalue weighted by molar-refractivity contribution is 1.33. The van der Waals surface area contributed by atoms with Crippen LogP contribution in [0.3, 0.4) is 0 Å². The number of fused-ring (bicyclic) bond motifs is 4. The molecule has 0 unspecified atom stereocenters. The summed E-state index contributed by atoms with van der Waals surface area (Å²) in [6.45, 7) is 0. The van der Waals surface area contributed by atoms with Crippen LogP contribution in [0.4, 0.5) is 0 Å². The van der Waals surface area contributed by atoms with Gasteiger partial charge in [-0.15, -0.1) is 0 Å². The van der Waals surface area contributed by atoms with Gasteiger partial charge < -0.3 is 0 Å². The van der Waals surface area contributed by atoms with Gasteiger partial charge in [-0.25, -0.2) is 4.98 Å². The van der Waals surface area contributed by atoms with E-state index in [-0.39, 0.29) is 0 Å². The molecule has 0 amide bonds. The quantitative estimate of drug-likeness (QED) is 0.184. The maximum atomic E-state index is 5.42. The lowest BCUT2D eigenvalue weighted by Gasteiger charge is -2.16. The summed E-state index contributed by atoms with van der Waals surface area (Å²) in [4.78, 5) is 14.8. The Balaban J connectivity index is 1.28. The van der Waals surface area contributed by atoms with Crippen molar-refractivity contribution in [3.8, 4) is 55.9 Å². The zero-order chi connectivity index (χ0) is 34.4. The average molecular weight is 662 g/mol. The molecule has 0 fully saturated rings. The monoisotopic (exact) mass is 661 g/mol. The standard InChI is InChI=1S/C49H31N3/c1-5-17-40-32(11-1)15-9-21-44(40)48-26-37(27-49(52-48)45-22-10-16-33-12-2-6-18-41(33)45)36-23-38(46-30-50-28-34-13-3-7-19-42(34)46)25-39(24-36)47-31-51-29-35-14-4-8-20-43(35)47/h1-31H. The number of rotatable bonds is 5. The second kappa shape index (κ2) is 12.4. The van der Waals surface area contributed by atoms with Crippen LogP contribution in [0.1, 0.15) is 0 Å². The zero-order valence-corrected chi connectivity index (χ0v) is 28.2. The SMILES string of the molecule is c1ccc2c(-c3cc(-c4cc(-c5cccc6ccccc56)nc(-c5cccc6ccccc56)c4)cc(-c4cncc5ccccc45)c3)cncc2c1. The molecule has 3 heteroatoms. The summed E-state index contributed by atoms with van der Waals surface area (Å²) < 4.78 is 0. The van der Waals surface area contributed by atoms with Crippen molar-refractivity contribution >= 4 is 43.1 Å². The number of hydrogen-bond acceptors (Lipinski definition) is 3. The van der Waals surface area contributed by atoms with Crippen LogP contribution < -0.4 is 0 Å². The normalized spacial score (nSPS) is 11.5. The van der Waals surface area contributed by atoms with Crippen molar-refractivity contribution < 1.29 is 0 Å². The Kier molecular flexibility index (Phi) is 7.14. The number of aromatic nitrogens is 3. The number of benzene rings is 7. The van der Waals surface area contributed by atoms with Crippen LogP contribution in [-0.2, 0) is 0 Å². The van der Waals surface area contributed by atoms with Crippen molar-refractivity contribution in [2.75, 3.05) is 0 Å². The zero-order valence-electron chi connectivity index (χ0n) is 28.2. The Bertz CT molecular complexity index is 2560. The topological polar surface area (TPSA) is 38.7 Å². The summed E-state index contributed by atoms with van der Waals surface area (Å²) in [6, 6.07) is 58.4. The fourth-order valence-electron chi connectivity index (χ4n) is 7.67. The predicted molar refractivity (Wildman–Crippen MR) is 217 cm³/mol. The van der Waals surface area contributed by atoms with Gasteiger partial charge in [0.2, 0.25) is 0 Å². The van der Waals surface area contributed by atoms with Crippen molar-refractivity contribution in [3.05, 3.63) is 189 Å². The summed E-state index contributed by atoms with van der Waals surface area (Å²) in [5, 5.41) is 9.29. The third-order valence-corrected chi connectivity index (χ3v) is 10.2. The van der Waals surface area contributed by atoms with Crippen LogP contribution in [0.5, 0.6) is 0 Å². The molecule has 0 radical (unpaired) electrons. The van der Waals surface area contributed by atoms with Crippen molar-refractivity contribution in [1.82, 2.24) is 15.0 Å². The van der Waals surface area contributed by atoms with Gasteiger partial charge in [-0.3, -0.25) is 9.97 Å². The summed E-state index contributed by atoms with van der Waals surface area (Å²) >= 11 is 0. The Morgan fingerprint density at radius 3 is 1.12 bits per heavy atom. The maximum absolute atomic E-state index is 5.42. The molecule has 10 aromatic rings. The highest BCUT2D eigenvalue weighted by Gasteiger charge is 2.16. The lowest BCUT2D eigenvalue weighted by atomic mass is 9.90. The Labute approximate surface area is 301 Å². The maximum Gasteiger partial charge on any atom is 0.0721 e. The van der Waals surface area contributed by atoms with E-state index in [1.165, 1.54) is 32.3 Å². The van der Waals surface area contributed by atoms with E-state index < -0.39 is 0 Å². The van der Waals surface area contributed by atoms with Crippen molar-refractivity contribution in [2.24, 2.45) is 0 Å². The first-order valence-corrected chi connectivity index (χ1v) is 17.6. The van der Waals surface area contributed by atoms with Crippen LogP contribution in [0.15, 0.2) is 189 Å². The Hall–Kier alpha value is -6.97. The number of hydrogen-bond donors (Lipinski definition) is 0. The summed E-state index contributed by atoms with van der Waals surface area (Å²) in [5.41, 5.74) is 10.6. The fraction of sp³-hybridized carbons (Fsp3) is 0. The molecule has 3 nitrogen and oxygen atoms in total. The van der Waals surface area contributed by atoms with Crippen molar-refractivity contribution in [1.29, 1.82) is 0 Å². The number of pyridine rings is 3. The molecular formula is C49H31N3. The second-order valence-electron chi connectivity index (χ2n) is 13.3. The summed E-state index contributed by atoms with van der Waals surface area (Å²) in [7, 11) is 0. The van der Waals surface area contributed by atoms with Gasteiger partial charge in [0.05, 0.1) is 11.4 Å². The molecule has 0 aliphatic heterocycles. The van der Waals surface area contributed by atoms with Gasteiger partial charge in [-0.1, -0.05) is 133 Å². The van der Waals surface area contributed by atoms with Crippen molar-refractivity contribution in [2.45, 2.75) is 0 Å². The molecule has 0 spiro atoms. The van der Waals surface area contributed by atoms with Crippen LogP contribution in [0.25, 0.3) is 99.0 Å². The summed E-state index contributed by atoms with van der Waals surface area (Å²) in [6.07, 6.45) is 7.85. The van der Waals surface area contributed by atoms with E-state index in [4.69, 9.17) is 4.98 Å². The molecule has 242 valence electrons. The molecule has 0 aliphatic carbocycles. The van der Waals surface area contributed by atoms with Crippen LogP contribution in [0.2, 0.25) is 0 Å². The predicted octanol–water partition coefficient (Wildman–Crippen LogP) is 12.8. The van der Waals surface area contributed by atoms with Gasteiger partial charge in [0.15, 0.2) is 0 Å². The Morgan fingerprint density at radius 1 is 0.269 bits per heavy atom. The molecule has 0 atom stereocenters. The molecule has 52 heavy (non-hydrogen) atoms. The molecule has 3 heterocycles. The van der Waals surface area contributed by atoms with Gasteiger partial charge in [0.25, 0.3) is 0 Å². The largest absolute Gasteiger partial charge is 0.263 e. The molecule has 7 aromatic carbocycles. The highest BCUT2D eigenvalue weighted by Crippen LogP contribution is 2.40. The first-order chi connectivity index (χ1) is 25.8. The molecule has 0 aliphatic rings. The number of nitrogens with zero attached hydrogens (tertiary/aromatic N) is 3. The average Bonchev–Trinajstić information content (AvgIpc) is 3.22. The molecular weight excluding hydrogens is 631 g/mol. The highest BCUT2D eigenvalue weighted by atomic mass is 14.7. The minimum atomic E-state index is 0.933. The van der Waals surface area contributed by atoms with E-state index >= 15 is 0 Å². The van der Waals surface area contributed by atoms with Crippen LogP contribution >= 0.6 is 0 Å². The third-order valence-electron chi connectivity index (χ3n) is 10.2. The fourth-order valence-corrected chi connectivity index (χ4v) is 7.67. The van der Waals surface area contributed by atoms with Gasteiger partial charge in [0.1, 0.15) is 0 Å². The lowest BCUT2D eigenvalue weighted by Crippen LogP contribution is -1.94. The van der Waals surface area contributed by atoms with E-state index in [0.717, 1.165) is 66.7 Å².